The quantitative estimate of drug-likeness (QED) is 0.658. The summed E-state index contributed by atoms with van der Waals surface area (Å²) in [6, 6.07) is 3.31. The van der Waals surface area contributed by atoms with E-state index >= 15 is 0 Å². The van der Waals surface area contributed by atoms with Crippen molar-refractivity contribution in [2.75, 3.05) is 12.4 Å². The predicted molar refractivity (Wildman–Crippen MR) is 73.8 cm³/mol. The fourth-order valence-electron chi connectivity index (χ4n) is 1.64. The van der Waals surface area contributed by atoms with Gasteiger partial charge in [0.05, 0.1) is 5.56 Å². The molecule has 0 spiro atoms. The number of amides is 3. The van der Waals surface area contributed by atoms with Gasteiger partial charge in [-0.3, -0.25) is 4.79 Å². The minimum atomic E-state index is -1.06. The van der Waals surface area contributed by atoms with Gasteiger partial charge in [-0.15, -0.1) is 0 Å². The number of urea groups is 1. The number of rotatable bonds is 4. The van der Waals surface area contributed by atoms with Crippen LogP contribution in [0, 0.1) is 6.92 Å². The molecular formula is C13H17N3O4. The molecule has 1 rings (SSSR count). The van der Waals surface area contributed by atoms with Crippen molar-refractivity contribution >= 4 is 23.6 Å². The van der Waals surface area contributed by atoms with Crippen LogP contribution >= 0.6 is 0 Å². The van der Waals surface area contributed by atoms with E-state index in [4.69, 9.17) is 5.11 Å². The summed E-state index contributed by atoms with van der Waals surface area (Å²) in [5.41, 5.74) is 0.941. The van der Waals surface area contributed by atoms with Crippen LogP contribution < -0.4 is 16.0 Å². The second kappa shape index (κ2) is 6.55. The van der Waals surface area contributed by atoms with E-state index in [1.807, 2.05) is 0 Å². The maximum atomic E-state index is 11.7. The lowest BCUT2D eigenvalue weighted by atomic mass is 10.1. The summed E-state index contributed by atoms with van der Waals surface area (Å²) in [5.74, 6) is -1.39. The number of aromatic carboxylic acids is 1. The summed E-state index contributed by atoms with van der Waals surface area (Å²) in [7, 11) is 1.47. The maximum absolute atomic E-state index is 11.7. The first kappa shape index (κ1) is 15.5. The molecule has 0 aliphatic heterocycles. The summed E-state index contributed by atoms with van der Waals surface area (Å²) >= 11 is 0. The zero-order valence-electron chi connectivity index (χ0n) is 11.5. The molecular weight excluding hydrogens is 262 g/mol. The van der Waals surface area contributed by atoms with Crippen molar-refractivity contribution in [3.8, 4) is 0 Å². The van der Waals surface area contributed by atoms with Gasteiger partial charge in [-0.2, -0.15) is 0 Å². The molecule has 108 valence electrons. The molecule has 1 aromatic rings. The third-order valence-electron chi connectivity index (χ3n) is 2.80. The number of carboxylic acid groups (broad SMARTS) is 1. The number of carbonyl (C=O) groups excluding carboxylic acids is 2. The van der Waals surface area contributed by atoms with Crippen LogP contribution in [0.15, 0.2) is 18.2 Å². The van der Waals surface area contributed by atoms with E-state index in [0.29, 0.717) is 11.3 Å². The van der Waals surface area contributed by atoms with E-state index in [1.54, 1.807) is 19.9 Å². The van der Waals surface area contributed by atoms with E-state index in [2.05, 4.69) is 16.0 Å². The van der Waals surface area contributed by atoms with E-state index in [9.17, 15) is 14.4 Å². The van der Waals surface area contributed by atoms with E-state index < -0.39 is 18.0 Å². The first-order valence-electron chi connectivity index (χ1n) is 5.98. The Kier molecular flexibility index (Phi) is 5.08. The Morgan fingerprint density at radius 3 is 2.45 bits per heavy atom. The van der Waals surface area contributed by atoms with Crippen molar-refractivity contribution in [2.24, 2.45) is 0 Å². The van der Waals surface area contributed by atoms with Gasteiger partial charge in [0.15, 0.2) is 0 Å². The van der Waals surface area contributed by atoms with Gasteiger partial charge in [-0.1, -0.05) is 6.07 Å². The Labute approximate surface area is 116 Å². The van der Waals surface area contributed by atoms with Gasteiger partial charge in [-0.25, -0.2) is 9.59 Å². The van der Waals surface area contributed by atoms with Crippen LogP contribution in [-0.2, 0) is 4.79 Å². The Morgan fingerprint density at radius 2 is 1.90 bits per heavy atom. The Bertz CT molecular complexity index is 542. The number of benzene rings is 1. The number of carboxylic acids is 1. The van der Waals surface area contributed by atoms with Crippen LogP contribution in [0.1, 0.15) is 22.8 Å². The molecule has 3 amide bonds. The fourth-order valence-corrected chi connectivity index (χ4v) is 1.64. The van der Waals surface area contributed by atoms with E-state index in [0.717, 1.165) is 0 Å². The zero-order chi connectivity index (χ0) is 15.3. The second-order valence-electron chi connectivity index (χ2n) is 4.22. The highest BCUT2D eigenvalue weighted by molar-refractivity contribution is 5.97. The van der Waals surface area contributed by atoms with Crippen molar-refractivity contribution in [1.29, 1.82) is 0 Å². The Balaban J connectivity index is 2.79. The maximum Gasteiger partial charge on any atom is 0.336 e. The minimum Gasteiger partial charge on any atom is -0.478 e. The highest BCUT2D eigenvalue weighted by Crippen LogP contribution is 2.18. The summed E-state index contributed by atoms with van der Waals surface area (Å²) < 4.78 is 0. The molecule has 0 fully saturated rings. The summed E-state index contributed by atoms with van der Waals surface area (Å²) in [5, 5.41) is 16.4. The Hall–Kier alpha value is -2.57. The van der Waals surface area contributed by atoms with Crippen molar-refractivity contribution in [3.05, 3.63) is 29.3 Å². The minimum absolute atomic E-state index is 0.113. The Morgan fingerprint density at radius 1 is 1.25 bits per heavy atom. The number of hydrogen-bond donors (Lipinski definition) is 4. The van der Waals surface area contributed by atoms with Gasteiger partial charge in [-0.05, 0) is 31.5 Å². The molecule has 1 aromatic carbocycles. The van der Waals surface area contributed by atoms with Gasteiger partial charge in [0.2, 0.25) is 5.91 Å². The summed E-state index contributed by atoms with van der Waals surface area (Å²) in [4.78, 5) is 34.0. The van der Waals surface area contributed by atoms with Gasteiger partial charge in [0, 0.05) is 12.7 Å². The van der Waals surface area contributed by atoms with Crippen LogP contribution in [0.3, 0.4) is 0 Å². The van der Waals surface area contributed by atoms with E-state index in [-0.39, 0.29) is 11.5 Å². The van der Waals surface area contributed by atoms with Crippen molar-refractivity contribution in [3.63, 3.8) is 0 Å². The lowest BCUT2D eigenvalue weighted by molar-refractivity contribution is -0.122. The highest BCUT2D eigenvalue weighted by Gasteiger charge is 2.16. The lowest BCUT2D eigenvalue weighted by Gasteiger charge is -2.15. The van der Waals surface area contributed by atoms with Crippen molar-refractivity contribution < 1.29 is 19.5 Å². The fraction of sp³-hybridized carbons (Fsp3) is 0.308. The normalized spacial score (nSPS) is 11.3. The number of nitrogens with one attached hydrogen (secondary N) is 3. The number of carbonyl (C=O) groups is 3. The van der Waals surface area contributed by atoms with Crippen LogP contribution in [0.2, 0.25) is 0 Å². The standard InChI is InChI=1S/C13H17N3O4/c1-7-9(12(18)19)5-4-6-10(7)16-13(20)15-8(2)11(17)14-3/h4-6,8H,1-3H3,(H,14,17)(H,18,19)(H2,15,16,20). The molecule has 0 saturated heterocycles. The topological polar surface area (TPSA) is 108 Å². The summed E-state index contributed by atoms with van der Waals surface area (Å²) in [6.07, 6.45) is 0. The van der Waals surface area contributed by atoms with Gasteiger partial charge < -0.3 is 21.1 Å². The average Bonchev–Trinajstić information content (AvgIpc) is 2.39. The molecule has 20 heavy (non-hydrogen) atoms. The van der Waals surface area contributed by atoms with Crippen LogP contribution in [0.5, 0.6) is 0 Å². The van der Waals surface area contributed by atoms with Gasteiger partial charge >= 0.3 is 12.0 Å². The number of anilines is 1. The van der Waals surface area contributed by atoms with Gasteiger partial charge in [0.1, 0.15) is 6.04 Å². The monoisotopic (exact) mass is 279 g/mol. The smallest absolute Gasteiger partial charge is 0.336 e. The molecule has 0 aliphatic rings. The average molecular weight is 279 g/mol. The molecule has 0 bridgehead atoms. The summed E-state index contributed by atoms with van der Waals surface area (Å²) in [6.45, 7) is 3.14. The first-order chi connectivity index (χ1) is 9.36. The van der Waals surface area contributed by atoms with E-state index in [1.165, 1.54) is 19.2 Å². The molecule has 7 nitrogen and oxygen atoms in total. The van der Waals surface area contributed by atoms with Crippen LogP contribution in [-0.4, -0.2) is 36.1 Å². The van der Waals surface area contributed by atoms with Crippen molar-refractivity contribution in [1.82, 2.24) is 10.6 Å². The number of likely N-dealkylation sites (N-methyl/N-ethyl adjacent to an activating group) is 1. The van der Waals surface area contributed by atoms with Crippen LogP contribution in [0.4, 0.5) is 10.5 Å². The van der Waals surface area contributed by atoms with Crippen LogP contribution in [0.25, 0.3) is 0 Å². The van der Waals surface area contributed by atoms with Crippen molar-refractivity contribution in [2.45, 2.75) is 19.9 Å². The lowest BCUT2D eigenvalue weighted by Crippen LogP contribution is -2.45. The molecule has 1 unspecified atom stereocenters. The molecule has 7 heteroatoms. The molecule has 1 atom stereocenters. The highest BCUT2D eigenvalue weighted by atomic mass is 16.4. The largest absolute Gasteiger partial charge is 0.478 e. The molecule has 0 aromatic heterocycles. The second-order valence-corrected chi connectivity index (χ2v) is 4.22. The third-order valence-corrected chi connectivity index (χ3v) is 2.80. The molecule has 0 aliphatic carbocycles. The van der Waals surface area contributed by atoms with Gasteiger partial charge in [0.25, 0.3) is 0 Å². The predicted octanol–water partition coefficient (Wildman–Crippen LogP) is 0.949. The zero-order valence-corrected chi connectivity index (χ0v) is 11.5. The molecule has 0 radical (unpaired) electrons. The number of hydrogen-bond acceptors (Lipinski definition) is 3. The third kappa shape index (κ3) is 3.71. The molecule has 0 heterocycles. The molecule has 4 N–H and O–H groups in total. The SMILES string of the molecule is CNC(=O)C(C)NC(=O)Nc1cccc(C(=O)O)c1C. The molecule has 0 saturated carbocycles. The first-order valence-corrected chi connectivity index (χ1v) is 5.98.